The summed E-state index contributed by atoms with van der Waals surface area (Å²) in [4.78, 5) is 16.1. The van der Waals surface area contributed by atoms with Gasteiger partial charge in [-0.3, -0.25) is 9.78 Å². The van der Waals surface area contributed by atoms with E-state index in [9.17, 15) is 4.79 Å². The molecule has 20 heavy (non-hydrogen) atoms. The highest BCUT2D eigenvalue weighted by Gasteiger charge is 2.25. The van der Waals surface area contributed by atoms with Crippen LogP contribution in [0.4, 0.5) is 0 Å². The summed E-state index contributed by atoms with van der Waals surface area (Å²) in [6, 6.07) is 4.86. The zero-order valence-electron chi connectivity index (χ0n) is 12.3. The molecular weight excluding hydrogens is 248 g/mol. The van der Waals surface area contributed by atoms with Crippen molar-refractivity contribution in [1.29, 1.82) is 0 Å². The van der Waals surface area contributed by atoms with Crippen LogP contribution in [-0.4, -0.2) is 17.3 Å². The van der Waals surface area contributed by atoms with Gasteiger partial charge in [0.1, 0.15) is 5.78 Å². The molecule has 1 aromatic heterocycles. The van der Waals surface area contributed by atoms with E-state index in [1.807, 2.05) is 0 Å². The van der Waals surface area contributed by atoms with Crippen molar-refractivity contribution in [3.05, 3.63) is 29.1 Å². The van der Waals surface area contributed by atoms with Gasteiger partial charge in [0.15, 0.2) is 0 Å². The maximum Gasteiger partial charge on any atom is 0.133 e. The van der Waals surface area contributed by atoms with E-state index in [4.69, 9.17) is 4.98 Å². The molecule has 108 valence electrons. The first-order chi connectivity index (χ1) is 9.76. The molecule has 3 rings (SSSR count). The summed E-state index contributed by atoms with van der Waals surface area (Å²) in [5, 5.41) is 3.69. The number of carbonyl (C=O) groups is 1. The zero-order valence-corrected chi connectivity index (χ0v) is 12.3. The molecule has 0 bridgehead atoms. The summed E-state index contributed by atoms with van der Waals surface area (Å²) in [5.41, 5.74) is 3.87. The van der Waals surface area contributed by atoms with Gasteiger partial charge in [-0.25, -0.2) is 0 Å². The standard InChI is InChI=1S/C17H24N2O/c1-2-13-7-9-15-16(4-3-5-17(15)19-13)18-11-12-6-8-14(20)10-12/h7,9,12,16,18H,2-6,8,10-11H2,1H3. The molecule has 0 amide bonds. The van der Waals surface area contributed by atoms with E-state index in [0.29, 0.717) is 17.7 Å². The third-order valence-corrected chi connectivity index (χ3v) is 4.71. The second-order valence-electron chi connectivity index (χ2n) is 6.19. The first-order valence-corrected chi connectivity index (χ1v) is 8.00. The van der Waals surface area contributed by atoms with Crippen LogP contribution in [0.15, 0.2) is 12.1 Å². The second kappa shape index (κ2) is 6.04. The summed E-state index contributed by atoms with van der Waals surface area (Å²) in [7, 11) is 0. The van der Waals surface area contributed by atoms with Gasteiger partial charge >= 0.3 is 0 Å². The number of ketones is 1. The number of aromatic nitrogens is 1. The molecule has 0 radical (unpaired) electrons. The van der Waals surface area contributed by atoms with E-state index < -0.39 is 0 Å². The number of Topliss-reactive ketones (excluding diaryl/α,β-unsaturated/α-hetero) is 1. The molecule has 0 aliphatic heterocycles. The van der Waals surface area contributed by atoms with Crippen molar-refractivity contribution in [1.82, 2.24) is 10.3 Å². The topological polar surface area (TPSA) is 42.0 Å². The summed E-state index contributed by atoms with van der Waals surface area (Å²) in [6.07, 6.45) is 7.17. The summed E-state index contributed by atoms with van der Waals surface area (Å²) in [5.74, 6) is 0.992. The Morgan fingerprint density at radius 1 is 1.30 bits per heavy atom. The van der Waals surface area contributed by atoms with Crippen LogP contribution in [0.3, 0.4) is 0 Å². The minimum atomic E-state index is 0.438. The third kappa shape index (κ3) is 2.93. The highest BCUT2D eigenvalue weighted by Crippen LogP contribution is 2.30. The quantitative estimate of drug-likeness (QED) is 0.916. The Kier molecular flexibility index (Phi) is 4.16. The fourth-order valence-corrected chi connectivity index (χ4v) is 3.49. The highest BCUT2D eigenvalue weighted by atomic mass is 16.1. The minimum Gasteiger partial charge on any atom is -0.310 e. The van der Waals surface area contributed by atoms with Gasteiger partial charge in [0.2, 0.25) is 0 Å². The number of fused-ring (bicyclic) bond motifs is 1. The first-order valence-electron chi connectivity index (χ1n) is 8.00. The number of carbonyl (C=O) groups excluding carboxylic acids is 1. The van der Waals surface area contributed by atoms with Gasteiger partial charge in [-0.2, -0.15) is 0 Å². The number of rotatable bonds is 4. The van der Waals surface area contributed by atoms with Crippen LogP contribution in [-0.2, 0) is 17.6 Å². The highest BCUT2D eigenvalue weighted by molar-refractivity contribution is 5.80. The van der Waals surface area contributed by atoms with Gasteiger partial charge < -0.3 is 5.32 Å². The van der Waals surface area contributed by atoms with E-state index in [1.165, 1.54) is 29.8 Å². The Morgan fingerprint density at radius 3 is 2.95 bits per heavy atom. The summed E-state index contributed by atoms with van der Waals surface area (Å²) < 4.78 is 0. The molecule has 3 heteroatoms. The second-order valence-corrected chi connectivity index (χ2v) is 6.19. The lowest BCUT2D eigenvalue weighted by molar-refractivity contribution is -0.117. The summed E-state index contributed by atoms with van der Waals surface area (Å²) in [6.45, 7) is 3.13. The maximum atomic E-state index is 11.3. The predicted octanol–water partition coefficient (Wildman–Crippen LogP) is 2.98. The van der Waals surface area contributed by atoms with Crippen LogP contribution in [0.2, 0.25) is 0 Å². The number of hydrogen-bond acceptors (Lipinski definition) is 3. The van der Waals surface area contributed by atoms with Gasteiger partial charge in [0, 0.05) is 30.3 Å². The molecule has 3 nitrogen and oxygen atoms in total. The number of nitrogens with zero attached hydrogens (tertiary/aromatic N) is 1. The fraction of sp³-hybridized carbons (Fsp3) is 0.647. The van der Waals surface area contributed by atoms with Crippen molar-refractivity contribution in [2.24, 2.45) is 5.92 Å². The third-order valence-electron chi connectivity index (χ3n) is 4.71. The lowest BCUT2D eigenvalue weighted by atomic mass is 9.90. The largest absolute Gasteiger partial charge is 0.310 e. The van der Waals surface area contributed by atoms with Crippen molar-refractivity contribution >= 4 is 5.78 Å². The van der Waals surface area contributed by atoms with Crippen LogP contribution in [0, 0.1) is 5.92 Å². The van der Waals surface area contributed by atoms with Crippen LogP contribution >= 0.6 is 0 Å². The van der Waals surface area contributed by atoms with Gasteiger partial charge in [-0.05, 0) is 56.2 Å². The Hall–Kier alpha value is -1.22. The minimum absolute atomic E-state index is 0.438. The van der Waals surface area contributed by atoms with Crippen LogP contribution in [0.5, 0.6) is 0 Å². The average molecular weight is 272 g/mol. The Bertz CT molecular complexity index is 498. The van der Waals surface area contributed by atoms with Crippen molar-refractivity contribution in [3.8, 4) is 0 Å². The lowest BCUT2D eigenvalue weighted by Gasteiger charge is -2.27. The Morgan fingerprint density at radius 2 is 2.20 bits per heavy atom. The van der Waals surface area contributed by atoms with Gasteiger partial charge in [0.05, 0.1) is 0 Å². The Labute approximate surface area is 121 Å². The van der Waals surface area contributed by atoms with E-state index in [1.54, 1.807) is 0 Å². The maximum absolute atomic E-state index is 11.3. The monoisotopic (exact) mass is 272 g/mol. The van der Waals surface area contributed by atoms with Crippen molar-refractivity contribution in [2.75, 3.05) is 6.54 Å². The van der Waals surface area contributed by atoms with E-state index in [2.05, 4.69) is 24.4 Å². The number of hydrogen-bond donors (Lipinski definition) is 1. The fourth-order valence-electron chi connectivity index (χ4n) is 3.49. The van der Waals surface area contributed by atoms with E-state index in [-0.39, 0.29) is 0 Å². The lowest BCUT2D eigenvalue weighted by Crippen LogP contribution is -2.29. The average Bonchev–Trinajstić information content (AvgIpc) is 2.90. The van der Waals surface area contributed by atoms with Gasteiger partial charge in [-0.1, -0.05) is 13.0 Å². The SMILES string of the molecule is CCc1ccc2c(n1)CCCC2NCC1CCC(=O)C1. The molecule has 0 spiro atoms. The molecule has 1 heterocycles. The molecule has 2 aliphatic rings. The molecule has 0 aromatic carbocycles. The van der Waals surface area contributed by atoms with Crippen molar-refractivity contribution in [3.63, 3.8) is 0 Å². The molecular formula is C17H24N2O. The molecule has 1 aromatic rings. The normalized spacial score (nSPS) is 25.8. The van der Waals surface area contributed by atoms with Gasteiger partial charge in [-0.15, -0.1) is 0 Å². The van der Waals surface area contributed by atoms with Crippen LogP contribution < -0.4 is 5.32 Å². The van der Waals surface area contributed by atoms with Gasteiger partial charge in [0.25, 0.3) is 0 Å². The number of nitrogens with one attached hydrogen (secondary N) is 1. The summed E-state index contributed by atoms with van der Waals surface area (Å²) >= 11 is 0. The molecule has 2 aliphatic carbocycles. The molecule has 0 saturated heterocycles. The molecule has 1 saturated carbocycles. The smallest absolute Gasteiger partial charge is 0.133 e. The molecule has 1 fully saturated rings. The zero-order chi connectivity index (χ0) is 13.9. The van der Waals surface area contributed by atoms with Crippen LogP contribution in [0.1, 0.15) is 62.0 Å². The molecule has 1 N–H and O–H groups in total. The van der Waals surface area contributed by atoms with E-state index >= 15 is 0 Å². The molecule has 2 unspecified atom stereocenters. The van der Waals surface area contributed by atoms with Crippen LogP contribution in [0.25, 0.3) is 0 Å². The first kappa shape index (κ1) is 13.7. The predicted molar refractivity (Wildman–Crippen MR) is 79.6 cm³/mol. The number of aryl methyl sites for hydroxylation is 2. The van der Waals surface area contributed by atoms with Crippen molar-refractivity contribution < 1.29 is 4.79 Å². The van der Waals surface area contributed by atoms with E-state index in [0.717, 1.165) is 38.6 Å². The number of pyridine rings is 1. The molecule has 2 atom stereocenters. The Balaban J connectivity index is 1.65. The van der Waals surface area contributed by atoms with Crippen molar-refractivity contribution in [2.45, 2.75) is 57.9 Å².